The van der Waals surface area contributed by atoms with Crippen molar-refractivity contribution < 1.29 is 9.59 Å². The van der Waals surface area contributed by atoms with Crippen molar-refractivity contribution in [3.63, 3.8) is 0 Å². The number of fused-ring (bicyclic) bond motifs is 1. The minimum absolute atomic E-state index is 0.0190. The van der Waals surface area contributed by atoms with E-state index in [1.807, 2.05) is 72.5 Å². The number of carbonyl (C=O) groups excluding carboxylic acids is 2. The van der Waals surface area contributed by atoms with Gasteiger partial charge in [-0.3, -0.25) is 9.59 Å². The van der Waals surface area contributed by atoms with Crippen LogP contribution in [-0.2, 0) is 17.9 Å². The van der Waals surface area contributed by atoms with Crippen molar-refractivity contribution in [1.82, 2.24) is 5.32 Å². The second kappa shape index (κ2) is 11.1. The topological polar surface area (TPSA) is 49.4 Å². The number of para-hydroxylation sites is 1. The van der Waals surface area contributed by atoms with Crippen LogP contribution in [0.15, 0.2) is 101 Å². The summed E-state index contributed by atoms with van der Waals surface area (Å²) in [6.45, 7) is 7.19. The van der Waals surface area contributed by atoms with Crippen LogP contribution >= 0.6 is 11.8 Å². The molecule has 1 aliphatic rings. The van der Waals surface area contributed by atoms with Crippen molar-refractivity contribution in [3.8, 4) is 0 Å². The molecule has 38 heavy (non-hydrogen) atoms. The van der Waals surface area contributed by atoms with Gasteiger partial charge in [-0.25, -0.2) is 0 Å². The normalized spacial score (nSPS) is 13.9. The van der Waals surface area contributed by atoms with E-state index in [4.69, 9.17) is 0 Å². The third-order valence-electron chi connectivity index (χ3n) is 6.71. The number of hydrogen-bond acceptors (Lipinski definition) is 3. The number of thioether (sulfide) groups is 1. The van der Waals surface area contributed by atoms with Crippen LogP contribution in [0.25, 0.3) is 6.08 Å². The standard InChI is InChI=1S/C33H30N2O2S/c1-22-9-12-26(13-10-22)20-34-32(36)27-16-14-25(15-17-27)19-31-33(37)35(29-6-4-5-7-30(29)38-31)21-28-18-23(2)8-11-24(28)3/h4-19H,20-21H2,1-3H3,(H,34,36). The molecule has 4 aromatic rings. The fourth-order valence-corrected chi connectivity index (χ4v) is 5.49. The molecule has 5 heteroatoms. The van der Waals surface area contributed by atoms with Gasteiger partial charge in [0.25, 0.3) is 11.8 Å². The first-order valence-corrected chi connectivity index (χ1v) is 13.5. The maximum Gasteiger partial charge on any atom is 0.265 e. The number of benzene rings is 4. The molecule has 0 fully saturated rings. The Morgan fingerprint density at radius 1 is 0.868 bits per heavy atom. The Kier molecular flexibility index (Phi) is 7.47. The van der Waals surface area contributed by atoms with Crippen LogP contribution < -0.4 is 10.2 Å². The summed E-state index contributed by atoms with van der Waals surface area (Å²) in [5.74, 6) is -0.143. The fourth-order valence-electron chi connectivity index (χ4n) is 4.43. The molecule has 0 aromatic heterocycles. The lowest BCUT2D eigenvalue weighted by molar-refractivity contribution is -0.114. The zero-order valence-corrected chi connectivity index (χ0v) is 22.6. The van der Waals surface area contributed by atoms with Crippen LogP contribution in [0, 0.1) is 20.8 Å². The Morgan fingerprint density at radius 2 is 1.58 bits per heavy atom. The molecule has 5 rings (SSSR count). The Bertz CT molecular complexity index is 1520. The number of rotatable bonds is 6. The highest BCUT2D eigenvalue weighted by atomic mass is 32.2. The lowest BCUT2D eigenvalue weighted by Gasteiger charge is -2.31. The molecule has 0 radical (unpaired) electrons. The Hall–Kier alpha value is -4.09. The van der Waals surface area contributed by atoms with E-state index in [0.29, 0.717) is 23.6 Å². The van der Waals surface area contributed by atoms with Gasteiger partial charge in [-0.05, 0) is 73.4 Å². The van der Waals surface area contributed by atoms with Gasteiger partial charge in [0.15, 0.2) is 0 Å². The maximum atomic E-state index is 13.7. The lowest BCUT2D eigenvalue weighted by Crippen LogP contribution is -2.34. The molecule has 190 valence electrons. The predicted molar refractivity (Wildman–Crippen MR) is 156 cm³/mol. The fraction of sp³-hybridized carbons (Fsp3) is 0.152. The summed E-state index contributed by atoms with van der Waals surface area (Å²) in [5, 5.41) is 2.97. The minimum atomic E-state index is -0.124. The van der Waals surface area contributed by atoms with Crippen molar-refractivity contribution in [3.05, 3.63) is 135 Å². The predicted octanol–water partition coefficient (Wildman–Crippen LogP) is 7.22. The molecule has 0 bridgehead atoms. The zero-order chi connectivity index (χ0) is 26.6. The molecular weight excluding hydrogens is 488 g/mol. The molecule has 0 spiro atoms. The number of nitrogens with one attached hydrogen (secondary N) is 1. The van der Waals surface area contributed by atoms with Gasteiger partial charge < -0.3 is 10.2 Å². The molecule has 0 saturated carbocycles. The van der Waals surface area contributed by atoms with Crippen LogP contribution in [0.1, 0.15) is 43.7 Å². The summed E-state index contributed by atoms with van der Waals surface area (Å²) in [7, 11) is 0. The van der Waals surface area contributed by atoms with Gasteiger partial charge in [-0.1, -0.05) is 89.6 Å². The molecule has 0 saturated heterocycles. The van der Waals surface area contributed by atoms with Crippen LogP contribution in [0.4, 0.5) is 5.69 Å². The first-order valence-electron chi connectivity index (χ1n) is 12.7. The monoisotopic (exact) mass is 518 g/mol. The highest BCUT2D eigenvalue weighted by molar-refractivity contribution is 8.04. The molecule has 0 unspecified atom stereocenters. The summed E-state index contributed by atoms with van der Waals surface area (Å²) in [5.41, 5.74) is 8.13. The third-order valence-corrected chi connectivity index (χ3v) is 7.79. The second-order valence-corrected chi connectivity index (χ2v) is 10.8. The van der Waals surface area contributed by atoms with E-state index in [0.717, 1.165) is 27.3 Å². The molecule has 1 heterocycles. The van der Waals surface area contributed by atoms with E-state index in [9.17, 15) is 9.59 Å². The Morgan fingerprint density at radius 3 is 2.34 bits per heavy atom. The lowest BCUT2D eigenvalue weighted by atomic mass is 10.0. The molecule has 2 amide bonds. The SMILES string of the molecule is Cc1ccc(CNC(=O)c2ccc(C=C3Sc4ccccc4N(Cc4cc(C)ccc4C)C3=O)cc2)cc1. The summed E-state index contributed by atoms with van der Waals surface area (Å²) in [6.07, 6.45) is 1.91. The van der Waals surface area contributed by atoms with E-state index >= 15 is 0 Å². The number of nitrogens with zero attached hydrogens (tertiary/aromatic N) is 1. The molecule has 0 atom stereocenters. The summed E-state index contributed by atoms with van der Waals surface area (Å²) >= 11 is 1.49. The number of hydrogen-bond donors (Lipinski definition) is 1. The highest BCUT2D eigenvalue weighted by Crippen LogP contribution is 2.42. The van der Waals surface area contributed by atoms with Crippen LogP contribution in [0.5, 0.6) is 0 Å². The summed E-state index contributed by atoms with van der Waals surface area (Å²) in [6, 6.07) is 29.9. The third kappa shape index (κ3) is 5.74. The second-order valence-electron chi connectivity index (χ2n) is 9.69. The Balaban J connectivity index is 1.34. The van der Waals surface area contributed by atoms with Crippen molar-refractivity contribution in [2.24, 2.45) is 0 Å². The number of anilines is 1. The van der Waals surface area contributed by atoms with Crippen LogP contribution in [-0.4, -0.2) is 11.8 Å². The molecular formula is C33H30N2O2S. The highest BCUT2D eigenvalue weighted by Gasteiger charge is 2.29. The van der Waals surface area contributed by atoms with E-state index in [2.05, 4.69) is 43.4 Å². The number of carbonyl (C=O) groups is 2. The minimum Gasteiger partial charge on any atom is -0.348 e. The van der Waals surface area contributed by atoms with E-state index in [1.54, 1.807) is 12.1 Å². The molecule has 4 nitrogen and oxygen atoms in total. The van der Waals surface area contributed by atoms with Crippen molar-refractivity contribution in [2.75, 3.05) is 4.90 Å². The zero-order valence-electron chi connectivity index (χ0n) is 21.8. The van der Waals surface area contributed by atoms with Gasteiger partial charge >= 0.3 is 0 Å². The Labute approximate surface area is 228 Å². The summed E-state index contributed by atoms with van der Waals surface area (Å²) < 4.78 is 0. The van der Waals surface area contributed by atoms with Gasteiger partial charge in [0, 0.05) is 17.0 Å². The number of aryl methyl sites for hydroxylation is 3. The first kappa shape index (κ1) is 25.6. The van der Waals surface area contributed by atoms with Gasteiger partial charge in [0.05, 0.1) is 17.1 Å². The average Bonchev–Trinajstić information content (AvgIpc) is 2.93. The molecule has 4 aromatic carbocycles. The summed E-state index contributed by atoms with van der Waals surface area (Å²) in [4.78, 5) is 29.9. The van der Waals surface area contributed by atoms with Crippen LogP contribution in [0.2, 0.25) is 0 Å². The van der Waals surface area contributed by atoms with Crippen LogP contribution in [0.3, 0.4) is 0 Å². The van der Waals surface area contributed by atoms with Crippen molar-refractivity contribution >= 4 is 35.3 Å². The van der Waals surface area contributed by atoms with E-state index in [1.165, 1.54) is 28.5 Å². The first-order chi connectivity index (χ1) is 18.4. The number of amides is 2. The molecule has 1 N–H and O–H groups in total. The largest absolute Gasteiger partial charge is 0.348 e. The van der Waals surface area contributed by atoms with Gasteiger partial charge in [-0.2, -0.15) is 0 Å². The van der Waals surface area contributed by atoms with Crippen molar-refractivity contribution in [2.45, 2.75) is 38.8 Å². The smallest absolute Gasteiger partial charge is 0.265 e. The molecule has 1 aliphatic heterocycles. The maximum absolute atomic E-state index is 13.7. The van der Waals surface area contributed by atoms with Gasteiger partial charge in [0.2, 0.25) is 0 Å². The van der Waals surface area contributed by atoms with Crippen molar-refractivity contribution in [1.29, 1.82) is 0 Å². The van der Waals surface area contributed by atoms with Gasteiger partial charge in [-0.15, -0.1) is 0 Å². The quantitative estimate of drug-likeness (QED) is 0.274. The van der Waals surface area contributed by atoms with E-state index < -0.39 is 0 Å². The molecule has 0 aliphatic carbocycles. The van der Waals surface area contributed by atoms with E-state index in [-0.39, 0.29) is 11.8 Å². The average molecular weight is 519 g/mol. The van der Waals surface area contributed by atoms with Gasteiger partial charge in [0.1, 0.15) is 0 Å².